The Kier molecular flexibility index (Phi) is 3.27. The molecule has 0 aromatic carbocycles. The molecule has 0 unspecified atom stereocenters. The lowest BCUT2D eigenvalue weighted by atomic mass is 10.00. The average molecular weight is 274 g/mol. The van der Waals surface area contributed by atoms with Gasteiger partial charge in [-0.25, -0.2) is 4.98 Å². The maximum Gasteiger partial charge on any atom is 0.254 e. The minimum absolute atomic E-state index is 0.0813. The van der Waals surface area contributed by atoms with Gasteiger partial charge in [0.15, 0.2) is 0 Å². The highest BCUT2D eigenvalue weighted by molar-refractivity contribution is 5.93. The molecule has 2 aromatic rings. The maximum atomic E-state index is 12.2. The largest absolute Gasteiger partial charge is 0.347 e. The predicted molar refractivity (Wildman–Crippen MR) is 73.3 cm³/mol. The molecular weight excluding hydrogens is 256 g/mol. The molecule has 1 aliphatic heterocycles. The van der Waals surface area contributed by atoms with Crippen molar-refractivity contribution in [3.8, 4) is 0 Å². The van der Waals surface area contributed by atoms with E-state index >= 15 is 0 Å². The van der Waals surface area contributed by atoms with Crippen LogP contribution in [0.5, 0.6) is 0 Å². The monoisotopic (exact) mass is 274 g/mol. The second-order valence-electron chi connectivity index (χ2n) is 5.32. The van der Waals surface area contributed by atoms with E-state index in [4.69, 9.17) is 0 Å². The zero-order valence-corrected chi connectivity index (χ0v) is 11.6. The number of H-pyrrole nitrogens is 1. The Morgan fingerprint density at radius 1 is 1.40 bits per heavy atom. The average Bonchev–Trinajstić information content (AvgIpc) is 3.10. The molecule has 3 rings (SSSR count). The Labute approximate surface area is 117 Å². The van der Waals surface area contributed by atoms with Gasteiger partial charge in [-0.2, -0.15) is 5.10 Å². The third-order valence-corrected chi connectivity index (χ3v) is 3.81. The summed E-state index contributed by atoms with van der Waals surface area (Å²) in [6.07, 6.45) is 6.81. The zero-order valence-electron chi connectivity index (χ0n) is 11.6. The van der Waals surface area contributed by atoms with E-state index in [0.717, 1.165) is 18.8 Å². The summed E-state index contributed by atoms with van der Waals surface area (Å²) in [7, 11) is 4.04. The van der Waals surface area contributed by atoms with Gasteiger partial charge in [0.2, 0.25) is 0 Å². The van der Waals surface area contributed by atoms with Crippen molar-refractivity contribution in [2.75, 3.05) is 20.1 Å². The number of aromatic nitrogens is 4. The minimum atomic E-state index is -0.0915. The van der Waals surface area contributed by atoms with E-state index in [9.17, 15) is 4.79 Å². The van der Waals surface area contributed by atoms with Gasteiger partial charge in [0.25, 0.3) is 5.91 Å². The van der Waals surface area contributed by atoms with E-state index in [1.165, 1.54) is 6.20 Å². The van der Waals surface area contributed by atoms with E-state index in [0.29, 0.717) is 5.56 Å². The fourth-order valence-electron chi connectivity index (χ4n) is 2.80. The molecule has 1 amide bonds. The number of likely N-dealkylation sites (N-methyl/N-ethyl adjacent to an activating group) is 1. The molecule has 0 radical (unpaired) electrons. The molecule has 0 spiro atoms. The first-order valence-electron chi connectivity index (χ1n) is 6.59. The van der Waals surface area contributed by atoms with Crippen LogP contribution in [0.15, 0.2) is 24.9 Å². The number of hydrogen-bond donors (Lipinski definition) is 2. The van der Waals surface area contributed by atoms with Gasteiger partial charge in [-0.3, -0.25) is 9.89 Å². The van der Waals surface area contributed by atoms with Crippen LogP contribution in [-0.2, 0) is 7.05 Å². The molecule has 7 heteroatoms. The van der Waals surface area contributed by atoms with Gasteiger partial charge in [0, 0.05) is 44.1 Å². The molecular formula is C13H18N6O. The van der Waals surface area contributed by atoms with Crippen LogP contribution < -0.4 is 5.32 Å². The van der Waals surface area contributed by atoms with Gasteiger partial charge in [0.05, 0.1) is 24.1 Å². The van der Waals surface area contributed by atoms with Crippen LogP contribution in [0.1, 0.15) is 22.0 Å². The fraction of sp³-hybridized carbons (Fsp3) is 0.462. The molecule has 1 fully saturated rings. The molecule has 2 aromatic heterocycles. The Morgan fingerprint density at radius 3 is 2.90 bits per heavy atom. The number of imidazole rings is 1. The van der Waals surface area contributed by atoms with Crippen molar-refractivity contribution < 1.29 is 4.79 Å². The number of nitrogens with one attached hydrogen (secondary N) is 2. The second kappa shape index (κ2) is 5.09. The molecule has 20 heavy (non-hydrogen) atoms. The fourth-order valence-corrected chi connectivity index (χ4v) is 2.80. The smallest absolute Gasteiger partial charge is 0.254 e. The van der Waals surface area contributed by atoms with Gasteiger partial charge >= 0.3 is 0 Å². The van der Waals surface area contributed by atoms with Crippen molar-refractivity contribution in [1.82, 2.24) is 30.0 Å². The van der Waals surface area contributed by atoms with Crippen molar-refractivity contribution in [2.24, 2.45) is 7.05 Å². The molecule has 1 aliphatic rings. The molecule has 7 nitrogen and oxygen atoms in total. The van der Waals surface area contributed by atoms with Crippen LogP contribution in [0.4, 0.5) is 0 Å². The molecule has 1 saturated heterocycles. The molecule has 3 heterocycles. The number of rotatable bonds is 3. The molecule has 106 valence electrons. The Hall–Kier alpha value is -2.15. The number of likely N-dealkylation sites (tertiary alicyclic amines) is 1. The predicted octanol–water partition coefficient (Wildman–Crippen LogP) is -0.0292. The van der Waals surface area contributed by atoms with Crippen LogP contribution >= 0.6 is 0 Å². The molecule has 2 N–H and O–H groups in total. The summed E-state index contributed by atoms with van der Waals surface area (Å²) < 4.78 is 2.01. The Balaban J connectivity index is 1.77. The van der Waals surface area contributed by atoms with Crippen LogP contribution in [0.25, 0.3) is 0 Å². The van der Waals surface area contributed by atoms with E-state index in [2.05, 4.69) is 32.4 Å². The second-order valence-corrected chi connectivity index (χ2v) is 5.32. The highest BCUT2D eigenvalue weighted by Crippen LogP contribution is 2.26. The van der Waals surface area contributed by atoms with Crippen LogP contribution in [0.2, 0.25) is 0 Å². The summed E-state index contributed by atoms with van der Waals surface area (Å²) in [5.41, 5.74) is 1.70. The van der Waals surface area contributed by atoms with Gasteiger partial charge in [-0.05, 0) is 7.05 Å². The number of aromatic amines is 1. The summed E-state index contributed by atoms with van der Waals surface area (Å²) in [6, 6.07) is 0.0813. The number of aryl methyl sites for hydroxylation is 1. The Bertz CT molecular complexity index is 590. The highest BCUT2D eigenvalue weighted by atomic mass is 16.1. The van der Waals surface area contributed by atoms with Crippen molar-refractivity contribution in [3.63, 3.8) is 0 Å². The first-order valence-corrected chi connectivity index (χ1v) is 6.59. The van der Waals surface area contributed by atoms with E-state index in [-0.39, 0.29) is 17.9 Å². The van der Waals surface area contributed by atoms with Crippen molar-refractivity contribution in [3.05, 3.63) is 36.2 Å². The van der Waals surface area contributed by atoms with Crippen molar-refractivity contribution in [1.29, 1.82) is 0 Å². The van der Waals surface area contributed by atoms with Crippen LogP contribution in [0, 0.1) is 0 Å². The Morgan fingerprint density at radius 2 is 2.25 bits per heavy atom. The summed E-state index contributed by atoms with van der Waals surface area (Å²) in [5.74, 6) is 0.162. The number of hydrogen-bond acceptors (Lipinski definition) is 4. The number of carbonyl (C=O) groups excluding carboxylic acids is 1. The van der Waals surface area contributed by atoms with Crippen LogP contribution in [0.3, 0.4) is 0 Å². The standard InChI is InChI=1S/C13H18N6O/c1-18-6-10(12-5-14-8-19(12)2)11(7-18)17-13(20)9-3-15-16-4-9/h3-5,8,10-11H,6-7H2,1-2H3,(H,15,16)(H,17,20)/t10-,11-/m1/s1. The van der Waals surface area contributed by atoms with E-state index in [1.807, 2.05) is 17.8 Å². The number of amides is 1. The number of carbonyl (C=O) groups is 1. The molecule has 2 atom stereocenters. The third kappa shape index (κ3) is 2.32. The number of nitrogens with zero attached hydrogens (tertiary/aromatic N) is 4. The topological polar surface area (TPSA) is 78.8 Å². The zero-order chi connectivity index (χ0) is 14.1. The summed E-state index contributed by atoms with van der Waals surface area (Å²) in [6.45, 7) is 1.75. The van der Waals surface area contributed by atoms with Gasteiger partial charge in [-0.15, -0.1) is 0 Å². The lowest BCUT2D eigenvalue weighted by Crippen LogP contribution is -2.39. The highest BCUT2D eigenvalue weighted by Gasteiger charge is 2.34. The first kappa shape index (κ1) is 12.9. The quantitative estimate of drug-likeness (QED) is 0.824. The van der Waals surface area contributed by atoms with Crippen LogP contribution in [-0.4, -0.2) is 56.7 Å². The van der Waals surface area contributed by atoms with Gasteiger partial charge in [-0.1, -0.05) is 0 Å². The minimum Gasteiger partial charge on any atom is -0.347 e. The first-order chi connectivity index (χ1) is 9.65. The van der Waals surface area contributed by atoms with Gasteiger partial charge < -0.3 is 14.8 Å². The van der Waals surface area contributed by atoms with Crippen molar-refractivity contribution in [2.45, 2.75) is 12.0 Å². The SMILES string of the molecule is CN1C[C@@H](NC(=O)c2cn[nH]c2)[C@H](c2cncn2C)C1. The molecule has 0 saturated carbocycles. The molecule has 0 bridgehead atoms. The van der Waals surface area contributed by atoms with Gasteiger partial charge in [0.1, 0.15) is 0 Å². The summed E-state index contributed by atoms with van der Waals surface area (Å²) in [4.78, 5) is 18.5. The maximum absolute atomic E-state index is 12.2. The normalized spacial score (nSPS) is 23.1. The summed E-state index contributed by atoms with van der Waals surface area (Å²) in [5, 5.41) is 9.56. The van der Waals surface area contributed by atoms with E-state index in [1.54, 1.807) is 12.5 Å². The summed E-state index contributed by atoms with van der Waals surface area (Å²) >= 11 is 0. The molecule has 0 aliphatic carbocycles. The van der Waals surface area contributed by atoms with E-state index < -0.39 is 0 Å². The van der Waals surface area contributed by atoms with Crippen molar-refractivity contribution >= 4 is 5.91 Å². The lowest BCUT2D eigenvalue weighted by molar-refractivity contribution is 0.0935. The third-order valence-electron chi connectivity index (χ3n) is 3.81. The lowest BCUT2D eigenvalue weighted by Gasteiger charge is -2.19.